The number of hydrogen-bond acceptors (Lipinski definition) is 3. The lowest BCUT2D eigenvalue weighted by Gasteiger charge is -2.08. The first-order valence-electron chi connectivity index (χ1n) is 9.22. The van der Waals surface area contributed by atoms with Gasteiger partial charge in [-0.2, -0.15) is 4.98 Å². The molecule has 0 saturated heterocycles. The van der Waals surface area contributed by atoms with Gasteiger partial charge in [-0.3, -0.25) is 23.3 Å². The van der Waals surface area contributed by atoms with Crippen LogP contribution in [0.4, 0.5) is 0 Å². The average Bonchev–Trinajstić information content (AvgIpc) is 3.15. The van der Waals surface area contributed by atoms with E-state index in [1.807, 2.05) is 22.8 Å². The molecular formula is C20H23N5O2. The normalized spacial score (nSPS) is 11.7. The standard InChI is InChI=1S/C20H23N5O2/c1-5-6-7-14-8-10-15(11-9-14)24-12(2)13(3)25-16-17(21-19(24)25)23(4)20(27)22-18(16)26/h8-11H,5-7H2,1-4H3,(H,22,26,27). The molecule has 7 nitrogen and oxygen atoms in total. The van der Waals surface area contributed by atoms with Gasteiger partial charge in [-0.05, 0) is 44.4 Å². The number of hydrogen-bond donors (Lipinski definition) is 1. The van der Waals surface area contributed by atoms with Crippen molar-refractivity contribution < 1.29 is 0 Å². The van der Waals surface area contributed by atoms with Gasteiger partial charge in [0.2, 0.25) is 5.78 Å². The van der Waals surface area contributed by atoms with E-state index in [4.69, 9.17) is 0 Å². The molecule has 0 aliphatic carbocycles. The van der Waals surface area contributed by atoms with E-state index in [1.54, 1.807) is 7.05 Å². The summed E-state index contributed by atoms with van der Waals surface area (Å²) >= 11 is 0. The third-order valence-corrected chi connectivity index (χ3v) is 5.31. The first-order valence-corrected chi connectivity index (χ1v) is 9.22. The molecular weight excluding hydrogens is 342 g/mol. The van der Waals surface area contributed by atoms with Gasteiger partial charge in [0.05, 0.1) is 0 Å². The topological polar surface area (TPSA) is 77.1 Å². The Morgan fingerprint density at radius 1 is 1.07 bits per heavy atom. The fraction of sp³-hybridized carbons (Fsp3) is 0.350. The van der Waals surface area contributed by atoms with E-state index in [1.165, 1.54) is 23.0 Å². The van der Waals surface area contributed by atoms with Crippen molar-refractivity contribution in [2.75, 3.05) is 0 Å². The van der Waals surface area contributed by atoms with Gasteiger partial charge >= 0.3 is 5.69 Å². The molecule has 0 unspecified atom stereocenters. The van der Waals surface area contributed by atoms with Crippen LogP contribution in [0, 0.1) is 13.8 Å². The summed E-state index contributed by atoms with van der Waals surface area (Å²) in [5.74, 6) is 0.632. The van der Waals surface area contributed by atoms with Gasteiger partial charge in [-0.1, -0.05) is 25.5 Å². The minimum atomic E-state index is -0.463. The maximum absolute atomic E-state index is 12.4. The molecule has 4 rings (SSSR count). The van der Waals surface area contributed by atoms with Crippen LogP contribution >= 0.6 is 0 Å². The Morgan fingerprint density at radius 2 is 1.78 bits per heavy atom. The van der Waals surface area contributed by atoms with Gasteiger partial charge in [0, 0.05) is 24.1 Å². The Hall–Kier alpha value is -3.09. The molecule has 0 atom stereocenters. The van der Waals surface area contributed by atoms with Crippen LogP contribution in [0.3, 0.4) is 0 Å². The van der Waals surface area contributed by atoms with Crippen LogP contribution in [-0.2, 0) is 13.5 Å². The minimum absolute atomic E-state index is 0.384. The molecule has 7 heteroatoms. The summed E-state index contributed by atoms with van der Waals surface area (Å²) in [5.41, 5.74) is 4.13. The van der Waals surface area contributed by atoms with E-state index >= 15 is 0 Å². The molecule has 3 aromatic heterocycles. The Bertz CT molecular complexity index is 1270. The van der Waals surface area contributed by atoms with E-state index in [-0.39, 0.29) is 0 Å². The van der Waals surface area contributed by atoms with Crippen molar-refractivity contribution in [2.45, 2.75) is 40.0 Å². The van der Waals surface area contributed by atoms with E-state index in [9.17, 15) is 9.59 Å². The number of unbranched alkanes of at least 4 members (excludes halogenated alkanes) is 1. The molecule has 0 spiro atoms. The van der Waals surface area contributed by atoms with Gasteiger partial charge in [-0.25, -0.2) is 4.79 Å². The van der Waals surface area contributed by atoms with Crippen LogP contribution in [0.2, 0.25) is 0 Å². The fourth-order valence-corrected chi connectivity index (χ4v) is 3.61. The molecule has 0 saturated carbocycles. The van der Waals surface area contributed by atoms with E-state index in [0.29, 0.717) is 16.9 Å². The summed E-state index contributed by atoms with van der Waals surface area (Å²) in [5, 5.41) is 0. The molecule has 0 aliphatic heterocycles. The molecule has 0 aliphatic rings. The molecule has 0 amide bonds. The molecule has 0 bridgehead atoms. The monoisotopic (exact) mass is 365 g/mol. The van der Waals surface area contributed by atoms with Crippen LogP contribution in [0.25, 0.3) is 22.6 Å². The molecule has 27 heavy (non-hydrogen) atoms. The van der Waals surface area contributed by atoms with Crippen LogP contribution in [0.5, 0.6) is 0 Å². The molecule has 1 N–H and O–H groups in total. The molecule has 0 radical (unpaired) electrons. The predicted molar refractivity (Wildman–Crippen MR) is 106 cm³/mol. The Labute approximate surface area is 155 Å². The molecule has 3 heterocycles. The van der Waals surface area contributed by atoms with Crippen LogP contribution < -0.4 is 11.2 Å². The summed E-state index contributed by atoms with van der Waals surface area (Å²) in [4.78, 5) is 31.4. The van der Waals surface area contributed by atoms with Gasteiger partial charge in [-0.15, -0.1) is 0 Å². The average molecular weight is 365 g/mol. The van der Waals surface area contributed by atoms with Crippen LogP contribution in [-0.4, -0.2) is 23.5 Å². The Morgan fingerprint density at radius 3 is 2.44 bits per heavy atom. The largest absolute Gasteiger partial charge is 0.329 e. The van der Waals surface area contributed by atoms with Crippen molar-refractivity contribution in [3.63, 3.8) is 0 Å². The smallest absolute Gasteiger partial charge is 0.283 e. The second-order valence-corrected chi connectivity index (χ2v) is 7.01. The molecule has 4 aromatic rings. The van der Waals surface area contributed by atoms with E-state index in [0.717, 1.165) is 23.5 Å². The van der Waals surface area contributed by atoms with Crippen LogP contribution in [0.1, 0.15) is 36.7 Å². The first-order chi connectivity index (χ1) is 12.9. The third-order valence-electron chi connectivity index (χ3n) is 5.31. The minimum Gasteiger partial charge on any atom is -0.283 e. The summed E-state index contributed by atoms with van der Waals surface area (Å²) in [7, 11) is 1.61. The zero-order valence-corrected chi connectivity index (χ0v) is 16.0. The van der Waals surface area contributed by atoms with Crippen molar-refractivity contribution in [1.82, 2.24) is 23.5 Å². The quantitative estimate of drug-likeness (QED) is 0.604. The second-order valence-electron chi connectivity index (χ2n) is 7.01. The number of rotatable bonds is 4. The highest BCUT2D eigenvalue weighted by Crippen LogP contribution is 2.24. The predicted octanol–water partition coefficient (Wildman–Crippen LogP) is 2.62. The number of nitrogens with one attached hydrogen (secondary N) is 1. The highest BCUT2D eigenvalue weighted by molar-refractivity contribution is 5.77. The number of nitrogens with zero attached hydrogens (tertiary/aromatic N) is 4. The van der Waals surface area contributed by atoms with Gasteiger partial charge in [0.1, 0.15) is 0 Å². The van der Waals surface area contributed by atoms with Crippen molar-refractivity contribution in [1.29, 1.82) is 0 Å². The Kier molecular flexibility index (Phi) is 4.02. The molecule has 0 fully saturated rings. The van der Waals surface area contributed by atoms with Gasteiger partial charge in [0.25, 0.3) is 5.56 Å². The lowest BCUT2D eigenvalue weighted by atomic mass is 10.1. The lowest BCUT2D eigenvalue weighted by Crippen LogP contribution is -2.28. The van der Waals surface area contributed by atoms with Crippen LogP contribution in [0.15, 0.2) is 33.9 Å². The summed E-state index contributed by atoms with van der Waals surface area (Å²) in [6, 6.07) is 8.45. The second kappa shape index (κ2) is 6.26. The maximum atomic E-state index is 12.4. The van der Waals surface area contributed by atoms with E-state index in [2.05, 4.69) is 41.2 Å². The van der Waals surface area contributed by atoms with E-state index < -0.39 is 11.2 Å². The summed E-state index contributed by atoms with van der Waals surface area (Å²) < 4.78 is 5.23. The summed E-state index contributed by atoms with van der Waals surface area (Å²) in [6.07, 6.45) is 3.42. The highest BCUT2D eigenvalue weighted by Gasteiger charge is 2.21. The number of aromatic nitrogens is 5. The molecule has 1 aromatic carbocycles. The zero-order chi connectivity index (χ0) is 19.3. The van der Waals surface area contributed by atoms with Crippen molar-refractivity contribution in [3.8, 4) is 5.69 Å². The number of imidazole rings is 2. The van der Waals surface area contributed by atoms with Gasteiger partial charge < -0.3 is 0 Å². The van der Waals surface area contributed by atoms with Crippen molar-refractivity contribution in [2.24, 2.45) is 7.05 Å². The first kappa shape index (κ1) is 17.3. The number of fused-ring (bicyclic) bond motifs is 3. The maximum Gasteiger partial charge on any atom is 0.329 e. The number of H-pyrrole nitrogens is 1. The lowest BCUT2D eigenvalue weighted by molar-refractivity contribution is 0.794. The van der Waals surface area contributed by atoms with Crippen molar-refractivity contribution >= 4 is 16.9 Å². The SMILES string of the molecule is CCCCc1ccc(-n2c(C)c(C)n3c4c(=O)[nH]c(=O)n(C)c4nc23)cc1. The van der Waals surface area contributed by atoms with Gasteiger partial charge in [0.15, 0.2) is 11.2 Å². The fourth-order valence-electron chi connectivity index (χ4n) is 3.61. The number of aromatic amines is 1. The molecule has 140 valence electrons. The summed E-state index contributed by atoms with van der Waals surface area (Å²) in [6.45, 7) is 6.16. The third kappa shape index (κ3) is 2.53. The highest BCUT2D eigenvalue weighted by atomic mass is 16.2. The Balaban J connectivity index is 1.99. The zero-order valence-electron chi connectivity index (χ0n) is 16.0. The number of benzene rings is 1. The number of aryl methyl sites for hydroxylation is 3. The van der Waals surface area contributed by atoms with Crippen molar-refractivity contribution in [3.05, 3.63) is 62.1 Å².